The summed E-state index contributed by atoms with van der Waals surface area (Å²) in [7, 11) is -10.1. The Labute approximate surface area is 227 Å². The molecule has 2 N–H and O–H groups in total. The van der Waals surface area contributed by atoms with Gasteiger partial charge >= 0.3 is 229 Å². The summed E-state index contributed by atoms with van der Waals surface area (Å²) < 4.78 is 97.1. The molecule has 2 aromatic rings. The molecule has 0 aliphatic heterocycles. The van der Waals surface area contributed by atoms with Crippen molar-refractivity contribution in [3.8, 4) is 9.85 Å². The third kappa shape index (κ3) is 8.32. The summed E-state index contributed by atoms with van der Waals surface area (Å²) >= 11 is -3.75. The van der Waals surface area contributed by atoms with Gasteiger partial charge in [0.05, 0.1) is 0 Å². The predicted octanol–water partition coefficient (Wildman–Crippen LogP) is 5.05. The number of rotatable bonds is 7. The standard InChI is InChI=1S/C24H26F3IN2O6S2/c1-18-12-14-21(15-13-18)37(32,33)30-23(31)29-22(19-8-4-2-5-9-19)16-17-28(20-10-6-3-7-11-20)36-38(34,35)24(25,26)27/h3,6-7,10-15,19,22H,2,4-5,8-9H2,1H3,(H2,29,30,31). The number of nitrogens with one attached hydrogen (secondary N) is 2. The molecule has 14 heteroatoms. The van der Waals surface area contributed by atoms with Crippen LogP contribution in [0.4, 0.5) is 18.0 Å². The van der Waals surface area contributed by atoms with Crippen LogP contribution in [0.1, 0.15) is 37.7 Å². The first-order chi connectivity index (χ1) is 17.8. The molecule has 8 nitrogen and oxygen atoms in total. The van der Waals surface area contributed by atoms with Gasteiger partial charge in [-0.2, -0.15) is 0 Å². The minimum absolute atomic E-state index is 0.123. The molecule has 38 heavy (non-hydrogen) atoms. The molecular weight excluding hydrogens is 660 g/mol. The molecule has 1 unspecified atom stereocenters. The summed E-state index contributed by atoms with van der Waals surface area (Å²) in [5.41, 5.74) is -4.79. The van der Waals surface area contributed by atoms with Crippen molar-refractivity contribution in [2.24, 2.45) is 5.92 Å². The molecular formula is C24H26F3IN2O6S2. The van der Waals surface area contributed by atoms with Crippen LogP contribution in [-0.4, -0.2) is 34.4 Å². The molecule has 1 aliphatic rings. The summed E-state index contributed by atoms with van der Waals surface area (Å²) in [4.78, 5) is 12.6. The predicted molar refractivity (Wildman–Crippen MR) is 143 cm³/mol. The Morgan fingerprint density at radius 2 is 1.61 bits per heavy atom. The molecule has 1 saturated carbocycles. The fourth-order valence-electron chi connectivity index (χ4n) is 3.67. The Balaban J connectivity index is 1.88. The van der Waals surface area contributed by atoms with Crippen molar-refractivity contribution in [3.63, 3.8) is 0 Å². The van der Waals surface area contributed by atoms with E-state index < -0.39 is 58.0 Å². The van der Waals surface area contributed by atoms with Gasteiger partial charge in [0, 0.05) is 0 Å². The summed E-state index contributed by atoms with van der Waals surface area (Å²) in [5, 5.41) is 2.52. The van der Waals surface area contributed by atoms with Gasteiger partial charge in [-0.15, -0.1) is 0 Å². The molecule has 3 rings (SSSR count). The molecule has 1 atom stereocenters. The van der Waals surface area contributed by atoms with Gasteiger partial charge < -0.3 is 0 Å². The number of hydrogen-bond donors (Lipinski definition) is 2. The Morgan fingerprint density at radius 1 is 1.00 bits per heavy atom. The molecule has 0 aromatic heterocycles. The number of carbonyl (C=O) groups excluding carboxylic acids is 1. The topological polar surface area (TPSA) is 119 Å². The molecule has 0 spiro atoms. The zero-order valence-corrected chi connectivity index (χ0v) is 24.0. The van der Waals surface area contributed by atoms with Crippen molar-refractivity contribution in [2.45, 2.75) is 55.5 Å². The molecule has 1 aliphatic carbocycles. The van der Waals surface area contributed by atoms with Gasteiger partial charge in [-0.25, -0.2) is 0 Å². The summed E-state index contributed by atoms with van der Waals surface area (Å²) in [6.07, 6.45) is 3.90. The summed E-state index contributed by atoms with van der Waals surface area (Å²) in [6, 6.07) is 11.3. The monoisotopic (exact) mass is 686 g/mol. The van der Waals surface area contributed by atoms with Crippen LogP contribution in [0.5, 0.6) is 0 Å². The third-order valence-electron chi connectivity index (χ3n) is 5.62. The van der Waals surface area contributed by atoms with E-state index in [2.05, 4.69) is 17.7 Å². The van der Waals surface area contributed by atoms with Gasteiger partial charge in [-0.1, -0.05) is 0 Å². The number of hydrogen-bond acceptors (Lipinski definition) is 6. The van der Waals surface area contributed by atoms with Gasteiger partial charge in [-0.05, 0) is 0 Å². The van der Waals surface area contributed by atoms with Gasteiger partial charge in [0.1, 0.15) is 0 Å². The zero-order valence-electron chi connectivity index (χ0n) is 20.2. The SMILES string of the molecule is Cc1ccc(S(=O)(=O)NC(=O)NC(C#CI(OS(=O)(=O)C(F)(F)F)c2ccccc2)C2CCCCC2)cc1. The van der Waals surface area contributed by atoms with Crippen LogP contribution in [0.25, 0.3) is 0 Å². The van der Waals surface area contributed by atoms with Crippen molar-refractivity contribution < 1.29 is 37.3 Å². The van der Waals surface area contributed by atoms with Crippen LogP contribution in [0.15, 0.2) is 59.5 Å². The van der Waals surface area contributed by atoms with Crippen LogP contribution < -0.4 is 10.0 Å². The molecule has 2 aromatic carbocycles. The van der Waals surface area contributed by atoms with E-state index in [1.807, 2.05) is 4.72 Å². The van der Waals surface area contributed by atoms with E-state index in [1.165, 1.54) is 36.4 Å². The second kappa shape index (κ2) is 12.7. The van der Waals surface area contributed by atoms with E-state index in [0.717, 1.165) is 24.8 Å². The average Bonchev–Trinajstić information content (AvgIpc) is 2.86. The minimum atomic E-state index is -5.91. The third-order valence-corrected chi connectivity index (χ3v) is 13.0. The van der Waals surface area contributed by atoms with Crippen LogP contribution in [0, 0.1) is 26.3 Å². The zero-order chi connectivity index (χ0) is 28.0. The molecule has 208 valence electrons. The molecule has 0 bridgehead atoms. The second-order valence-electron chi connectivity index (χ2n) is 8.51. The summed E-state index contributed by atoms with van der Waals surface area (Å²) in [5.74, 6) is 2.51. The van der Waals surface area contributed by atoms with Gasteiger partial charge in [0.15, 0.2) is 0 Å². The Morgan fingerprint density at radius 3 is 2.18 bits per heavy atom. The van der Waals surface area contributed by atoms with Crippen molar-refractivity contribution in [2.75, 3.05) is 0 Å². The van der Waals surface area contributed by atoms with Crippen molar-refractivity contribution in [3.05, 3.63) is 63.7 Å². The average molecular weight is 687 g/mol. The van der Waals surface area contributed by atoms with Crippen molar-refractivity contribution in [1.82, 2.24) is 10.0 Å². The molecule has 2 amide bonds. The van der Waals surface area contributed by atoms with Gasteiger partial charge in [0.2, 0.25) is 0 Å². The number of amides is 2. The van der Waals surface area contributed by atoms with E-state index in [-0.39, 0.29) is 14.4 Å². The normalized spacial score (nSPS) is 16.1. The second-order valence-corrected chi connectivity index (χ2v) is 16.0. The first-order valence-electron chi connectivity index (χ1n) is 11.5. The maximum atomic E-state index is 13.0. The number of sulfonamides is 1. The Hall–Kier alpha value is -2.35. The number of urea groups is 1. The van der Waals surface area contributed by atoms with Crippen LogP contribution in [-0.2, 0) is 22.7 Å². The fraction of sp³-hybridized carbons (Fsp3) is 0.375. The first-order valence-corrected chi connectivity index (χ1v) is 17.4. The van der Waals surface area contributed by atoms with E-state index >= 15 is 0 Å². The molecule has 0 heterocycles. The summed E-state index contributed by atoms with van der Waals surface area (Å²) in [6.45, 7) is 1.78. The number of halogens is 4. The molecule has 0 saturated heterocycles. The van der Waals surface area contributed by atoms with Crippen LogP contribution in [0.3, 0.4) is 0 Å². The van der Waals surface area contributed by atoms with E-state index in [9.17, 15) is 34.8 Å². The van der Waals surface area contributed by atoms with E-state index in [0.29, 0.717) is 12.8 Å². The number of benzene rings is 2. The number of aryl methyl sites for hydroxylation is 1. The molecule has 0 radical (unpaired) electrons. The van der Waals surface area contributed by atoms with Gasteiger partial charge in [0.25, 0.3) is 0 Å². The van der Waals surface area contributed by atoms with Crippen LogP contribution in [0.2, 0.25) is 0 Å². The van der Waals surface area contributed by atoms with Crippen LogP contribution >= 0.6 is 20.2 Å². The Kier molecular flexibility index (Phi) is 10.1. The van der Waals surface area contributed by atoms with E-state index in [1.54, 1.807) is 25.1 Å². The van der Waals surface area contributed by atoms with Gasteiger partial charge in [-0.3, -0.25) is 0 Å². The van der Waals surface area contributed by atoms with E-state index in [4.69, 9.17) is 0 Å². The van der Waals surface area contributed by atoms with Crippen molar-refractivity contribution >= 4 is 46.4 Å². The fourth-order valence-corrected chi connectivity index (χ4v) is 9.85. The number of carbonyl (C=O) groups is 1. The first kappa shape index (κ1) is 30.2. The quantitative estimate of drug-likeness (QED) is 0.239. The Bertz CT molecular complexity index is 1380. The van der Waals surface area contributed by atoms with Crippen molar-refractivity contribution in [1.29, 1.82) is 0 Å². The molecule has 1 fully saturated rings. The number of alkyl halides is 3. The maximum absolute atomic E-state index is 13.0.